The fourth-order valence-corrected chi connectivity index (χ4v) is 2.88. The number of alkyl halides is 1. The highest BCUT2D eigenvalue weighted by atomic mass is 35.5. The number of rotatable bonds is 1. The predicted octanol–water partition coefficient (Wildman–Crippen LogP) is 2.54. The van der Waals surface area contributed by atoms with Crippen LogP contribution in [0.2, 0.25) is 0 Å². The Labute approximate surface area is 77.8 Å². The van der Waals surface area contributed by atoms with Gasteiger partial charge in [-0.25, -0.2) is 0 Å². The van der Waals surface area contributed by atoms with E-state index in [0.29, 0.717) is 5.92 Å². The van der Waals surface area contributed by atoms with Crippen LogP contribution in [0.15, 0.2) is 12.2 Å². The minimum atomic E-state index is -0.505. The van der Waals surface area contributed by atoms with Gasteiger partial charge in [0, 0.05) is 11.8 Å². The molecule has 2 aliphatic rings. The summed E-state index contributed by atoms with van der Waals surface area (Å²) in [6.07, 6.45) is 7.02. The maximum atomic E-state index is 11.6. The zero-order valence-corrected chi connectivity index (χ0v) is 7.97. The third-order valence-corrected chi connectivity index (χ3v) is 3.79. The number of carbonyl (C=O) groups excluding carboxylic acids is 1. The van der Waals surface area contributed by atoms with Gasteiger partial charge in [0.2, 0.25) is 0 Å². The van der Waals surface area contributed by atoms with Crippen LogP contribution in [0.3, 0.4) is 0 Å². The average molecular weight is 185 g/mol. The number of carbonyl (C=O) groups is 1. The zero-order chi connectivity index (χ0) is 8.77. The summed E-state index contributed by atoms with van der Waals surface area (Å²) in [4.78, 5) is 11.1. The first-order chi connectivity index (χ1) is 5.70. The fraction of sp³-hybridized carbons (Fsp3) is 0.700. The van der Waals surface area contributed by atoms with Gasteiger partial charge < -0.3 is 0 Å². The van der Waals surface area contributed by atoms with Crippen molar-refractivity contribution in [1.29, 1.82) is 0 Å². The van der Waals surface area contributed by atoms with Crippen molar-refractivity contribution >= 4 is 17.4 Å². The van der Waals surface area contributed by atoms with Crippen LogP contribution in [0, 0.1) is 11.8 Å². The van der Waals surface area contributed by atoms with Gasteiger partial charge in [0.1, 0.15) is 4.87 Å². The Morgan fingerprint density at radius 1 is 1.75 bits per heavy atom. The first-order valence-electron chi connectivity index (χ1n) is 4.60. The van der Waals surface area contributed by atoms with Gasteiger partial charge in [0.15, 0.2) is 5.78 Å². The summed E-state index contributed by atoms with van der Waals surface area (Å²) < 4.78 is 0. The highest BCUT2D eigenvalue weighted by Gasteiger charge is 2.59. The largest absolute Gasteiger partial charge is 0.297 e. The summed E-state index contributed by atoms with van der Waals surface area (Å²) >= 11 is 6.23. The average Bonchev–Trinajstić information content (AvgIpc) is 2.09. The second-order valence-corrected chi connectivity index (χ2v) is 4.41. The van der Waals surface area contributed by atoms with Crippen molar-refractivity contribution in [3.8, 4) is 0 Å². The summed E-state index contributed by atoms with van der Waals surface area (Å²) in [5, 5.41) is 0. The molecule has 2 rings (SSSR count). The second-order valence-electron chi connectivity index (χ2n) is 3.73. The molecule has 1 saturated carbocycles. The third-order valence-electron chi connectivity index (χ3n) is 3.17. The molecule has 0 spiro atoms. The molecule has 0 saturated heterocycles. The molecule has 0 aromatic rings. The number of halogens is 1. The van der Waals surface area contributed by atoms with E-state index in [-0.39, 0.29) is 11.7 Å². The van der Waals surface area contributed by atoms with Crippen LogP contribution in [0.5, 0.6) is 0 Å². The molecule has 0 aromatic carbocycles. The number of hydrogen-bond acceptors (Lipinski definition) is 1. The van der Waals surface area contributed by atoms with E-state index in [0.717, 1.165) is 19.3 Å². The number of hydrogen-bond donors (Lipinski definition) is 0. The Morgan fingerprint density at radius 3 is 3.17 bits per heavy atom. The van der Waals surface area contributed by atoms with Gasteiger partial charge >= 0.3 is 0 Å². The molecule has 2 heteroatoms. The van der Waals surface area contributed by atoms with Crippen molar-refractivity contribution < 1.29 is 4.79 Å². The van der Waals surface area contributed by atoms with Crippen molar-refractivity contribution in [2.75, 3.05) is 0 Å². The summed E-state index contributed by atoms with van der Waals surface area (Å²) in [6, 6.07) is 0. The molecular weight excluding hydrogens is 172 g/mol. The maximum absolute atomic E-state index is 11.6. The van der Waals surface area contributed by atoms with E-state index in [2.05, 4.69) is 19.1 Å². The summed E-state index contributed by atoms with van der Waals surface area (Å²) in [6.45, 7) is 2.06. The van der Waals surface area contributed by atoms with Crippen molar-refractivity contribution in [3.05, 3.63) is 12.2 Å². The van der Waals surface area contributed by atoms with E-state index in [1.807, 2.05) is 0 Å². The molecule has 0 amide bonds. The molecule has 12 heavy (non-hydrogen) atoms. The van der Waals surface area contributed by atoms with Gasteiger partial charge in [0.05, 0.1) is 0 Å². The lowest BCUT2D eigenvalue weighted by Gasteiger charge is -2.49. The van der Waals surface area contributed by atoms with Crippen molar-refractivity contribution in [2.24, 2.45) is 11.8 Å². The Hall–Kier alpha value is -0.300. The zero-order valence-electron chi connectivity index (χ0n) is 7.22. The fourth-order valence-electron chi connectivity index (χ4n) is 2.41. The monoisotopic (exact) mass is 184 g/mol. The quantitative estimate of drug-likeness (QED) is 0.452. The van der Waals surface area contributed by atoms with Crippen LogP contribution in [-0.2, 0) is 4.79 Å². The molecule has 66 valence electrons. The Morgan fingerprint density at radius 2 is 2.50 bits per heavy atom. The molecule has 0 N–H and O–H groups in total. The smallest absolute Gasteiger partial charge is 0.158 e. The van der Waals surface area contributed by atoms with Crippen LogP contribution < -0.4 is 0 Å². The number of ketones is 1. The van der Waals surface area contributed by atoms with Gasteiger partial charge in [-0.15, -0.1) is 11.6 Å². The third kappa shape index (κ3) is 0.832. The van der Waals surface area contributed by atoms with E-state index in [1.54, 1.807) is 0 Å². The number of fused-ring (bicyclic) bond motifs is 1. The van der Waals surface area contributed by atoms with Gasteiger partial charge in [-0.2, -0.15) is 0 Å². The van der Waals surface area contributed by atoms with Gasteiger partial charge in [-0.3, -0.25) is 4.79 Å². The lowest BCUT2D eigenvalue weighted by molar-refractivity contribution is -0.138. The Bertz CT molecular complexity index is 246. The Balaban J connectivity index is 2.25. The second kappa shape index (κ2) is 2.59. The molecule has 0 bridgehead atoms. The minimum absolute atomic E-state index is 0.207. The van der Waals surface area contributed by atoms with E-state index in [9.17, 15) is 4.79 Å². The molecule has 1 nitrogen and oxygen atoms in total. The van der Waals surface area contributed by atoms with Gasteiger partial charge in [-0.05, 0) is 19.3 Å². The molecule has 1 fully saturated rings. The lowest BCUT2D eigenvalue weighted by Crippen LogP contribution is -2.59. The SMILES string of the molecule is CCC1C(=O)C2(Cl)CCC=CC12. The van der Waals surface area contributed by atoms with Crippen LogP contribution in [0.25, 0.3) is 0 Å². The first kappa shape index (κ1) is 8.31. The Kier molecular flexibility index (Phi) is 1.80. The molecule has 2 aliphatic carbocycles. The first-order valence-corrected chi connectivity index (χ1v) is 4.98. The molecular formula is C10H13ClO. The molecule has 0 aliphatic heterocycles. The topological polar surface area (TPSA) is 17.1 Å². The highest BCUT2D eigenvalue weighted by molar-refractivity contribution is 6.38. The number of allylic oxidation sites excluding steroid dienone is 2. The van der Waals surface area contributed by atoms with Gasteiger partial charge in [0.25, 0.3) is 0 Å². The van der Waals surface area contributed by atoms with E-state index < -0.39 is 4.87 Å². The minimum Gasteiger partial charge on any atom is -0.297 e. The van der Waals surface area contributed by atoms with Gasteiger partial charge in [-0.1, -0.05) is 19.1 Å². The van der Waals surface area contributed by atoms with E-state index >= 15 is 0 Å². The van der Waals surface area contributed by atoms with Crippen LogP contribution in [0.4, 0.5) is 0 Å². The number of Topliss-reactive ketones (excluding diaryl/α,β-unsaturated/α-hetero) is 1. The van der Waals surface area contributed by atoms with Crippen molar-refractivity contribution in [2.45, 2.75) is 31.1 Å². The van der Waals surface area contributed by atoms with Crippen molar-refractivity contribution in [3.63, 3.8) is 0 Å². The summed E-state index contributed by atoms with van der Waals surface area (Å²) in [5.74, 6) is 0.811. The highest BCUT2D eigenvalue weighted by Crippen LogP contribution is 2.52. The lowest BCUT2D eigenvalue weighted by atomic mass is 9.58. The molecule has 0 heterocycles. The van der Waals surface area contributed by atoms with Crippen LogP contribution >= 0.6 is 11.6 Å². The van der Waals surface area contributed by atoms with Crippen LogP contribution in [0.1, 0.15) is 26.2 Å². The van der Waals surface area contributed by atoms with E-state index in [4.69, 9.17) is 11.6 Å². The van der Waals surface area contributed by atoms with Crippen molar-refractivity contribution in [1.82, 2.24) is 0 Å². The molecule has 0 radical (unpaired) electrons. The molecule has 0 aromatic heterocycles. The molecule has 3 atom stereocenters. The standard InChI is InChI=1S/C10H13ClO/c1-2-7-8-5-3-4-6-10(8,11)9(7)12/h3,5,7-8H,2,4,6H2,1H3. The predicted molar refractivity (Wildman–Crippen MR) is 49.2 cm³/mol. The van der Waals surface area contributed by atoms with Crippen LogP contribution in [-0.4, -0.2) is 10.7 Å². The molecule has 3 unspecified atom stereocenters. The normalized spacial score (nSPS) is 45.3. The van der Waals surface area contributed by atoms with E-state index in [1.165, 1.54) is 0 Å². The maximum Gasteiger partial charge on any atom is 0.158 e. The summed E-state index contributed by atoms with van der Waals surface area (Å²) in [7, 11) is 0. The summed E-state index contributed by atoms with van der Waals surface area (Å²) in [5.41, 5.74) is 0.